The van der Waals surface area contributed by atoms with Crippen molar-refractivity contribution in [1.82, 2.24) is 4.57 Å². The van der Waals surface area contributed by atoms with Gasteiger partial charge in [-0.25, -0.2) is 26.8 Å². The molecule has 0 spiro atoms. The molecule has 0 unspecified atom stereocenters. The summed E-state index contributed by atoms with van der Waals surface area (Å²) in [6.07, 6.45) is 0. The molecule has 0 atom stereocenters. The first-order chi connectivity index (χ1) is 12.0. The predicted molar refractivity (Wildman–Crippen MR) is 95.1 cm³/mol. The first-order valence-electron chi connectivity index (χ1n) is 6.94. The number of hydrogen-bond acceptors (Lipinski definition) is 6. The number of anilines is 1. The van der Waals surface area contributed by atoms with E-state index in [2.05, 4.69) is 4.72 Å². The van der Waals surface area contributed by atoms with Crippen LogP contribution in [0, 0.1) is 0 Å². The molecular formula is C14H12ClN3O6S2. The van der Waals surface area contributed by atoms with Gasteiger partial charge in [0, 0.05) is 18.8 Å². The maximum atomic E-state index is 12.6. The summed E-state index contributed by atoms with van der Waals surface area (Å²) in [5, 5.41) is 4.88. The monoisotopic (exact) mass is 417 g/mol. The molecule has 3 N–H and O–H groups in total. The molecule has 0 saturated carbocycles. The van der Waals surface area contributed by atoms with Gasteiger partial charge in [0.2, 0.25) is 10.0 Å². The predicted octanol–water partition coefficient (Wildman–Crippen LogP) is 1.23. The van der Waals surface area contributed by atoms with Gasteiger partial charge in [-0.15, -0.1) is 0 Å². The molecule has 1 aromatic heterocycles. The number of hydrogen-bond donors (Lipinski definition) is 2. The molecule has 0 aliphatic rings. The van der Waals surface area contributed by atoms with Crippen molar-refractivity contribution in [2.24, 2.45) is 12.2 Å². The lowest BCUT2D eigenvalue weighted by atomic mass is 10.3. The number of halogens is 1. The Labute approximate surface area is 153 Å². The van der Waals surface area contributed by atoms with Gasteiger partial charge in [-0.3, -0.25) is 9.29 Å². The fourth-order valence-electron chi connectivity index (χ4n) is 2.26. The molecule has 0 radical (unpaired) electrons. The third-order valence-electron chi connectivity index (χ3n) is 3.57. The first kappa shape index (κ1) is 18.5. The van der Waals surface area contributed by atoms with Gasteiger partial charge in [0.25, 0.3) is 10.0 Å². The molecule has 0 amide bonds. The molecule has 26 heavy (non-hydrogen) atoms. The number of aromatic nitrogens is 1. The average Bonchev–Trinajstić information content (AvgIpc) is 2.80. The lowest BCUT2D eigenvalue weighted by Gasteiger charge is -2.10. The second kappa shape index (κ2) is 6.13. The topological polar surface area (TPSA) is 141 Å². The van der Waals surface area contributed by atoms with E-state index in [0.717, 1.165) is 18.2 Å². The fourth-order valence-corrected chi connectivity index (χ4v) is 4.37. The van der Waals surface area contributed by atoms with Crippen LogP contribution in [0.15, 0.2) is 55.4 Å². The van der Waals surface area contributed by atoms with Crippen LogP contribution in [0.3, 0.4) is 0 Å². The zero-order chi connectivity index (χ0) is 19.3. The van der Waals surface area contributed by atoms with E-state index >= 15 is 0 Å². The van der Waals surface area contributed by atoms with Gasteiger partial charge in [-0.2, -0.15) is 0 Å². The normalized spacial score (nSPS) is 12.4. The van der Waals surface area contributed by atoms with E-state index in [9.17, 15) is 21.6 Å². The van der Waals surface area contributed by atoms with Gasteiger partial charge in [-0.05, 0) is 30.3 Å². The highest BCUT2D eigenvalue weighted by atomic mass is 35.5. The molecule has 1 heterocycles. The average molecular weight is 418 g/mol. The maximum absolute atomic E-state index is 12.6. The van der Waals surface area contributed by atoms with E-state index in [1.807, 2.05) is 0 Å². The van der Waals surface area contributed by atoms with E-state index in [0.29, 0.717) is 5.52 Å². The summed E-state index contributed by atoms with van der Waals surface area (Å²) in [7, 11) is -6.55. The molecule has 138 valence electrons. The van der Waals surface area contributed by atoms with Gasteiger partial charge >= 0.3 is 5.76 Å². The van der Waals surface area contributed by atoms with Gasteiger partial charge in [-0.1, -0.05) is 11.6 Å². The van der Waals surface area contributed by atoms with E-state index < -0.39 is 25.8 Å². The molecule has 0 saturated heterocycles. The Bertz CT molecular complexity index is 1270. The third-order valence-corrected chi connectivity index (χ3v) is 6.35. The van der Waals surface area contributed by atoms with E-state index in [-0.39, 0.29) is 26.1 Å². The number of primary sulfonamides is 1. The Morgan fingerprint density at radius 2 is 1.73 bits per heavy atom. The Kier molecular flexibility index (Phi) is 4.35. The number of oxazole rings is 1. The number of sulfonamides is 2. The number of aryl methyl sites for hydroxylation is 1. The summed E-state index contributed by atoms with van der Waals surface area (Å²) in [6.45, 7) is 0. The Morgan fingerprint density at radius 3 is 2.31 bits per heavy atom. The molecule has 0 fully saturated rings. The highest BCUT2D eigenvalue weighted by Crippen LogP contribution is 2.28. The smallest absolute Gasteiger partial charge is 0.408 e. The standard InChI is InChI=1S/C14H12ClN3O6S2/c1-18-11-6-10(15)13(7-12(11)24-14(18)19)26(22,23)17-8-2-4-9(5-3-8)25(16,20)21/h2-7,17H,1H3,(H2,16,20,21). The minimum Gasteiger partial charge on any atom is -0.408 e. The van der Waals surface area contributed by atoms with Crippen LogP contribution in [-0.2, 0) is 27.1 Å². The van der Waals surface area contributed by atoms with Crippen molar-refractivity contribution in [3.63, 3.8) is 0 Å². The fraction of sp³-hybridized carbons (Fsp3) is 0.0714. The molecule has 3 rings (SSSR count). The zero-order valence-electron chi connectivity index (χ0n) is 13.1. The molecule has 12 heteroatoms. The summed E-state index contributed by atoms with van der Waals surface area (Å²) >= 11 is 6.05. The Hall–Kier alpha value is -2.34. The van der Waals surface area contributed by atoms with Gasteiger partial charge in [0.15, 0.2) is 5.58 Å². The van der Waals surface area contributed by atoms with Crippen LogP contribution in [0.2, 0.25) is 5.02 Å². The number of rotatable bonds is 4. The van der Waals surface area contributed by atoms with Crippen LogP contribution in [-0.4, -0.2) is 21.4 Å². The summed E-state index contributed by atoms with van der Waals surface area (Å²) < 4.78 is 56.0. The van der Waals surface area contributed by atoms with Crippen molar-refractivity contribution in [3.8, 4) is 0 Å². The second-order valence-electron chi connectivity index (χ2n) is 5.35. The van der Waals surface area contributed by atoms with Crippen LogP contribution >= 0.6 is 11.6 Å². The van der Waals surface area contributed by atoms with Crippen LogP contribution in [0.25, 0.3) is 11.1 Å². The van der Waals surface area contributed by atoms with Crippen molar-refractivity contribution in [3.05, 3.63) is 52.0 Å². The van der Waals surface area contributed by atoms with E-state index in [1.54, 1.807) is 0 Å². The Balaban J connectivity index is 2.02. The molecule has 0 aliphatic carbocycles. The van der Waals surface area contributed by atoms with Crippen molar-refractivity contribution in [2.45, 2.75) is 9.79 Å². The molecule has 0 bridgehead atoms. The summed E-state index contributed by atoms with van der Waals surface area (Å²) in [5.74, 6) is -0.655. The molecule has 0 aliphatic heterocycles. The maximum Gasteiger partial charge on any atom is 0.419 e. The van der Waals surface area contributed by atoms with Gasteiger partial charge in [0.1, 0.15) is 4.90 Å². The highest BCUT2D eigenvalue weighted by molar-refractivity contribution is 7.92. The summed E-state index contributed by atoms with van der Waals surface area (Å²) in [6, 6.07) is 7.25. The SMILES string of the molecule is Cn1c(=O)oc2cc(S(=O)(=O)Nc3ccc(S(N)(=O)=O)cc3)c(Cl)cc21. The largest absolute Gasteiger partial charge is 0.419 e. The molecule has 9 nitrogen and oxygen atoms in total. The summed E-state index contributed by atoms with van der Waals surface area (Å²) in [4.78, 5) is 11.1. The number of nitrogens with zero attached hydrogens (tertiary/aromatic N) is 1. The van der Waals surface area contributed by atoms with Gasteiger partial charge < -0.3 is 4.42 Å². The van der Waals surface area contributed by atoms with Gasteiger partial charge in [0.05, 0.1) is 15.4 Å². The second-order valence-corrected chi connectivity index (χ2v) is 8.97. The number of nitrogens with two attached hydrogens (primary N) is 1. The lowest BCUT2D eigenvalue weighted by Crippen LogP contribution is -2.15. The number of fused-ring (bicyclic) bond motifs is 1. The van der Waals surface area contributed by atoms with E-state index in [1.165, 1.54) is 29.8 Å². The van der Waals surface area contributed by atoms with Crippen LogP contribution in [0.5, 0.6) is 0 Å². The van der Waals surface area contributed by atoms with Crippen molar-refractivity contribution in [2.75, 3.05) is 4.72 Å². The number of benzene rings is 2. The molecular weight excluding hydrogens is 406 g/mol. The quantitative estimate of drug-likeness (QED) is 0.653. The molecule has 3 aromatic rings. The first-order valence-corrected chi connectivity index (χ1v) is 10.3. The minimum absolute atomic E-state index is 0.0619. The van der Waals surface area contributed by atoms with Crippen molar-refractivity contribution < 1.29 is 21.3 Å². The highest BCUT2D eigenvalue weighted by Gasteiger charge is 2.21. The van der Waals surface area contributed by atoms with Crippen LogP contribution in [0.1, 0.15) is 0 Å². The minimum atomic E-state index is -4.12. The lowest BCUT2D eigenvalue weighted by molar-refractivity contribution is 0.527. The van der Waals surface area contributed by atoms with Crippen molar-refractivity contribution >= 4 is 48.4 Å². The van der Waals surface area contributed by atoms with Crippen LogP contribution < -0.4 is 15.6 Å². The van der Waals surface area contributed by atoms with Crippen LogP contribution in [0.4, 0.5) is 5.69 Å². The van der Waals surface area contributed by atoms with E-state index in [4.69, 9.17) is 21.2 Å². The summed E-state index contributed by atoms with van der Waals surface area (Å²) in [5.41, 5.74) is 0.506. The third kappa shape index (κ3) is 3.33. The number of nitrogens with one attached hydrogen (secondary N) is 1. The van der Waals surface area contributed by atoms with Crippen molar-refractivity contribution in [1.29, 1.82) is 0 Å². The Morgan fingerprint density at radius 1 is 1.12 bits per heavy atom. The molecule has 2 aromatic carbocycles. The zero-order valence-corrected chi connectivity index (χ0v) is 15.5.